The Kier molecular flexibility index (Phi) is 6.20. The van der Waals surface area contributed by atoms with Crippen LogP contribution < -0.4 is 15.4 Å². The SMILES string of the molecule is CC1C=C(Oc2ccc(NC(=O)NC(=O)c3c(F)cccc3F)cc2)CC(C)(C)C1. The molecule has 0 radical (unpaired) electrons. The summed E-state index contributed by atoms with van der Waals surface area (Å²) in [7, 11) is 0. The zero-order chi connectivity index (χ0) is 21.9. The number of hydrogen-bond donors (Lipinski definition) is 2. The Morgan fingerprint density at radius 1 is 1.07 bits per heavy atom. The summed E-state index contributed by atoms with van der Waals surface area (Å²) in [6, 6.07) is 8.73. The van der Waals surface area contributed by atoms with E-state index in [9.17, 15) is 18.4 Å². The molecule has 7 heteroatoms. The van der Waals surface area contributed by atoms with E-state index in [1.54, 1.807) is 24.3 Å². The number of hydrogen-bond acceptors (Lipinski definition) is 3. The Hall–Kier alpha value is -3.22. The second-order valence-corrected chi connectivity index (χ2v) is 8.29. The van der Waals surface area contributed by atoms with Crippen LogP contribution in [-0.4, -0.2) is 11.9 Å². The number of ether oxygens (including phenoxy) is 1. The lowest BCUT2D eigenvalue weighted by Gasteiger charge is -2.32. The van der Waals surface area contributed by atoms with Gasteiger partial charge in [-0.25, -0.2) is 13.6 Å². The van der Waals surface area contributed by atoms with Crippen molar-refractivity contribution in [1.29, 1.82) is 0 Å². The highest BCUT2D eigenvalue weighted by Crippen LogP contribution is 2.38. The first-order chi connectivity index (χ1) is 14.1. The smallest absolute Gasteiger partial charge is 0.326 e. The van der Waals surface area contributed by atoms with Crippen LogP contribution in [0, 0.1) is 23.0 Å². The van der Waals surface area contributed by atoms with Crippen LogP contribution in [0.5, 0.6) is 5.75 Å². The minimum atomic E-state index is -1.16. The first-order valence-electron chi connectivity index (χ1n) is 9.68. The van der Waals surface area contributed by atoms with E-state index in [-0.39, 0.29) is 5.41 Å². The summed E-state index contributed by atoms with van der Waals surface area (Å²) in [5, 5.41) is 4.36. The van der Waals surface area contributed by atoms with E-state index in [1.165, 1.54) is 0 Å². The van der Waals surface area contributed by atoms with Crippen molar-refractivity contribution >= 4 is 17.6 Å². The molecule has 2 N–H and O–H groups in total. The van der Waals surface area contributed by atoms with Gasteiger partial charge in [0.1, 0.15) is 28.7 Å². The highest BCUT2D eigenvalue weighted by molar-refractivity contribution is 6.08. The lowest BCUT2D eigenvalue weighted by molar-refractivity contribution is 0.0959. The number of urea groups is 1. The topological polar surface area (TPSA) is 67.4 Å². The highest BCUT2D eigenvalue weighted by atomic mass is 19.1. The molecule has 1 aliphatic carbocycles. The van der Waals surface area contributed by atoms with Gasteiger partial charge in [-0.05, 0) is 60.2 Å². The van der Waals surface area contributed by atoms with Crippen molar-refractivity contribution in [3.05, 3.63) is 71.5 Å². The quantitative estimate of drug-likeness (QED) is 0.680. The monoisotopic (exact) mass is 414 g/mol. The standard InChI is InChI=1S/C23H24F2N2O3/c1-14-11-17(13-23(2,3)12-14)30-16-9-7-15(8-10-16)26-22(29)27-21(28)20-18(24)5-4-6-19(20)25/h4-11,14H,12-13H2,1-3H3,(H2,26,27,28,29). The van der Waals surface area contributed by atoms with Crippen LogP contribution in [0.4, 0.5) is 19.3 Å². The maximum atomic E-state index is 13.6. The molecule has 1 atom stereocenters. The van der Waals surface area contributed by atoms with Crippen LogP contribution in [0.2, 0.25) is 0 Å². The van der Waals surface area contributed by atoms with Gasteiger partial charge in [-0.3, -0.25) is 10.1 Å². The lowest BCUT2D eigenvalue weighted by Crippen LogP contribution is -2.35. The molecule has 0 aromatic heterocycles. The number of nitrogens with one attached hydrogen (secondary N) is 2. The van der Waals surface area contributed by atoms with Gasteiger partial charge in [0.25, 0.3) is 5.91 Å². The van der Waals surface area contributed by atoms with E-state index in [1.807, 2.05) is 5.32 Å². The third-order valence-corrected chi connectivity index (χ3v) is 4.78. The van der Waals surface area contributed by atoms with E-state index >= 15 is 0 Å². The summed E-state index contributed by atoms with van der Waals surface area (Å²) < 4.78 is 33.2. The number of amides is 3. The van der Waals surface area contributed by atoms with E-state index in [2.05, 4.69) is 32.2 Å². The van der Waals surface area contributed by atoms with Crippen LogP contribution in [0.25, 0.3) is 0 Å². The molecule has 1 unspecified atom stereocenters. The number of carbonyl (C=O) groups excluding carboxylic acids is 2. The van der Waals surface area contributed by atoms with Gasteiger partial charge in [-0.2, -0.15) is 0 Å². The third kappa shape index (κ3) is 5.43. The van der Waals surface area contributed by atoms with Crippen LogP contribution in [0.3, 0.4) is 0 Å². The van der Waals surface area contributed by atoms with Gasteiger partial charge >= 0.3 is 6.03 Å². The van der Waals surface area contributed by atoms with Gasteiger partial charge in [-0.1, -0.05) is 26.8 Å². The molecule has 3 amide bonds. The molecular formula is C23H24F2N2O3. The van der Waals surface area contributed by atoms with Gasteiger partial charge in [-0.15, -0.1) is 0 Å². The predicted octanol–water partition coefficient (Wildman–Crippen LogP) is 5.65. The molecule has 0 saturated carbocycles. The third-order valence-electron chi connectivity index (χ3n) is 4.78. The molecule has 2 aromatic carbocycles. The Labute approximate surface area is 174 Å². The van der Waals surface area contributed by atoms with Crippen LogP contribution >= 0.6 is 0 Å². The predicted molar refractivity (Wildman–Crippen MR) is 110 cm³/mol. The second kappa shape index (κ2) is 8.65. The summed E-state index contributed by atoms with van der Waals surface area (Å²) >= 11 is 0. The van der Waals surface area contributed by atoms with Crippen molar-refractivity contribution in [2.45, 2.75) is 33.6 Å². The van der Waals surface area contributed by atoms with E-state index in [0.29, 0.717) is 17.4 Å². The molecule has 0 fully saturated rings. The molecule has 0 aliphatic heterocycles. The molecule has 5 nitrogen and oxygen atoms in total. The molecule has 0 spiro atoms. The van der Waals surface area contributed by atoms with Crippen LogP contribution in [0.15, 0.2) is 54.3 Å². The zero-order valence-corrected chi connectivity index (χ0v) is 17.1. The summed E-state index contributed by atoms with van der Waals surface area (Å²) in [4.78, 5) is 24.0. The van der Waals surface area contributed by atoms with Crippen molar-refractivity contribution in [2.75, 3.05) is 5.32 Å². The lowest BCUT2D eigenvalue weighted by atomic mass is 9.76. The summed E-state index contributed by atoms with van der Waals surface area (Å²) in [6.07, 6.45) is 4.07. The molecule has 0 heterocycles. The second-order valence-electron chi connectivity index (χ2n) is 8.29. The number of benzene rings is 2. The minimum Gasteiger partial charge on any atom is -0.462 e. The maximum Gasteiger partial charge on any atom is 0.326 e. The number of halogens is 2. The molecule has 30 heavy (non-hydrogen) atoms. The fourth-order valence-electron chi connectivity index (χ4n) is 3.72. The Morgan fingerprint density at radius 3 is 2.30 bits per heavy atom. The van der Waals surface area contributed by atoms with Gasteiger partial charge in [0.2, 0.25) is 0 Å². The Balaban J connectivity index is 1.59. The highest BCUT2D eigenvalue weighted by Gasteiger charge is 2.27. The largest absolute Gasteiger partial charge is 0.462 e. The number of carbonyl (C=O) groups is 2. The average Bonchev–Trinajstić information content (AvgIpc) is 2.61. The zero-order valence-electron chi connectivity index (χ0n) is 17.1. The molecule has 0 bridgehead atoms. The van der Waals surface area contributed by atoms with Crippen molar-refractivity contribution in [3.8, 4) is 5.75 Å². The fourth-order valence-corrected chi connectivity index (χ4v) is 3.72. The maximum absolute atomic E-state index is 13.6. The fraction of sp³-hybridized carbons (Fsp3) is 0.304. The van der Waals surface area contributed by atoms with Gasteiger partial charge in [0, 0.05) is 12.1 Å². The van der Waals surface area contributed by atoms with Crippen molar-refractivity contribution in [2.24, 2.45) is 11.3 Å². The minimum absolute atomic E-state index is 0.174. The van der Waals surface area contributed by atoms with Gasteiger partial charge < -0.3 is 10.1 Å². The Morgan fingerprint density at radius 2 is 1.70 bits per heavy atom. The number of allylic oxidation sites excluding steroid dienone is 2. The molecule has 2 aromatic rings. The first kappa shape index (κ1) is 21.5. The van der Waals surface area contributed by atoms with Crippen molar-refractivity contribution in [1.82, 2.24) is 5.32 Å². The molecule has 0 saturated heterocycles. The van der Waals surface area contributed by atoms with Crippen LogP contribution in [0.1, 0.15) is 44.0 Å². The summed E-state index contributed by atoms with van der Waals surface area (Å²) in [5.74, 6) is -1.28. The van der Waals surface area contributed by atoms with E-state index in [0.717, 1.165) is 36.8 Å². The van der Waals surface area contributed by atoms with Crippen molar-refractivity contribution < 1.29 is 23.1 Å². The van der Waals surface area contributed by atoms with Crippen LogP contribution in [-0.2, 0) is 0 Å². The molecule has 1 aliphatic rings. The number of imide groups is 1. The Bertz CT molecular complexity index is 964. The molecular weight excluding hydrogens is 390 g/mol. The van der Waals surface area contributed by atoms with E-state index < -0.39 is 29.1 Å². The van der Waals surface area contributed by atoms with Crippen molar-refractivity contribution in [3.63, 3.8) is 0 Å². The average molecular weight is 414 g/mol. The molecule has 3 rings (SSSR count). The van der Waals surface area contributed by atoms with E-state index in [4.69, 9.17) is 4.74 Å². The van der Waals surface area contributed by atoms with Gasteiger partial charge in [0.05, 0.1) is 0 Å². The number of anilines is 1. The summed E-state index contributed by atoms with van der Waals surface area (Å²) in [6.45, 7) is 6.57. The first-order valence-corrected chi connectivity index (χ1v) is 9.68. The summed E-state index contributed by atoms with van der Waals surface area (Å²) in [5.41, 5.74) is -0.241. The normalized spacial score (nSPS) is 17.6. The van der Waals surface area contributed by atoms with Gasteiger partial charge in [0.15, 0.2) is 0 Å². The molecule has 158 valence electrons. The number of rotatable bonds is 4.